The van der Waals surface area contributed by atoms with E-state index in [2.05, 4.69) is 40.2 Å². The molecule has 2 aliphatic heterocycles. The monoisotopic (exact) mass is 376 g/mol. The third-order valence-corrected chi connectivity index (χ3v) is 7.54. The molecule has 1 aromatic carbocycles. The number of piperazine rings is 1. The van der Waals surface area contributed by atoms with Gasteiger partial charge in [0.1, 0.15) is 4.99 Å². The molecule has 2 saturated heterocycles. The molecule has 1 amide bonds. The summed E-state index contributed by atoms with van der Waals surface area (Å²) >= 11 is 3.55. The van der Waals surface area contributed by atoms with Gasteiger partial charge in [0, 0.05) is 26.2 Å². The largest absolute Gasteiger partial charge is 0.345 e. The molecule has 0 saturated carbocycles. The van der Waals surface area contributed by atoms with Crippen LogP contribution in [-0.4, -0.2) is 52.7 Å². The number of rotatable bonds is 5. The lowest BCUT2D eigenvalue weighted by molar-refractivity contribution is -0.120. The number of hydrogen-bond donors (Lipinski definition) is 1. The molecule has 1 aromatic heterocycles. The number of nitrogens with zero attached hydrogens (tertiary/aromatic N) is 3. The highest BCUT2D eigenvalue weighted by atomic mass is 32.2. The summed E-state index contributed by atoms with van der Waals surface area (Å²) in [4.78, 5) is 21.3. The summed E-state index contributed by atoms with van der Waals surface area (Å²) in [6.45, 7) is 6.06. The quantitative estimate of drug-likeness (QED) is 0.869. The molecule has 4 rings (SSSR count). The van der Waals surface area contributed by atoms with Crippen molar-refractivity contribution in [1.29, 1.82) is 0 Å². The van der Waals surface area contributed by atoms with E-state index in [-0.39, 0.29) is 10.9 Å². The fraction of sp³-hybridized carbons (Fsp3) is 0.556. The van der Waals surface area contributed by atoms with E-state index in [1.54, 1.807) is 23.1 Å². The Morgan fingerprint density at radius 2 is 2.04 bits per heavy atom. The maximum Gasteiger partial charge on any atom is 0.232 e. The van der Waals surface area contributed by atoms with Crippen LogP contribution in [-0.2, 0) is 4.79 Å². The Hall–Kier alpha value is -1.31. The number of aromatic nitrogens is 1. The van der Waals surface area contributed by atoms with Gasteiger partial charge in [-0.25, -0.2) is 4.98 Å². The minimum atomic E-state index is -0.188. The summed E-state index contributed by atoms with van der Waals surface area (Å²) in [5.74, 6) is 0.761. The smallest absolute Gasteiger partial charge is 0.232 e. The van der Waals surface area contributed by atoms with Crippen molar-refractivity contribution >= 4 is 44.4 Å². The Labute approximate surface area is 156 Å². The van der Waals surface area contributed by atoms with Gasteiger partial charge in [0.25, 0.3) is 0 Å². The van der Waals surface area contributed by atoms with Gasteiger partial charge in [0.2, 0.25) is 5.91 Å². The van der Waals surface area contributed by atoms with Gasteiger partial charge in [-0.2, -0.15) is 0 Å². The normalized spacial score (nSPS) is 24.8. The molecule has 25 heavy (non-hydrogen) atoms. The number of anilines is 1. The first-order valence-electron chi connectivity index (χ1n) is 9.01. The number of benzene rings is 1. The summed E-state index contributed by atoms with van der Waals surface area (Å²) in [7, 11) is 0. The first-order valence-corrected chi connectivity index (χ1v) is 10.8. The zero-order valence-corrected chi connectivity index (χ0v) is 16.2. The third kappa shape index (κ3) is 3.37. The summed E-state index contributed by atoms with van der Waals surface area (Å²) < 4.78 is 1.25. The number of unbranched alkanes of at least 4 members (excludes halogenated alkanes) is 1. The van der Waals surface area contributed by atoms with Crippen molar-refractivity contribution < 1.29 is 4.79 Å². The maximum atomic E-state index is 11.9. The van der Waals surface area contributed by atoms with Crippen LogP contribution in [0.25, 0.3) is 10.2 Å². The standard InChI is InChI=1S/C18H24N4OS2/c1-2-3-8-18(20-16(23)13-24-18)22-11-9-21(10-12-22)17-19-14-6-4-5-7-15(14)25-17/h4-7H,2-3,8-13H2,1H3,(H,20,23). The van der Waals surface area contributed by atoms with E-state index in [1.165, 1.54) is 4.70 Å². The number of hydrogen-bond acceptors (Lipinski definition) is 6. The molecule has 2 aliphatic rings. The van der Waals surface area contributed by atoms with Crippen molar-refractivity contribution in [2.75, 3.05) is 36.8 Å². The van der Waals surface area contributed by atoms with E-state index in [4.69, 9.17) is 4.98 Å². The molecule has 134 valence electrons. The van der Waals surface area contributed by atoms with Gasteiger partial charge in [-0.15, -0.1) is 11.8 Å². The zero-order chi connectivity index (χ0) is 17.3. The average molecular weight is 377 g/mol. The first kappa shape index (κ1) is 17.1. The molecule has 0 spiro atoms. The molecule has 1 N–H and O–H groups in total. The van der Waals surface area contributed by atoms with Crippen LogP contribution < -0.4 is 10.2 Å². The fourth-order valence-corrected chi connectivity index (χ4v) is 5.91. The first-order chi connectivity index (χ1) is 12.2. The topological polar surface area (TPSA) is 48.5 Å². The number of thiazole rings is 1. The second-order valence-corrected chi connectivity index (χ2v) is 8.92. The van der Waals surface area contributed by atoms with Crippen LogP contribution in [0.4, 0.5) is 5.13 Å². The lowest BCUT2D eigenvalue weighted by Gasteiger charge is -2.45. The van der Waals surface area contributed by atoms with Crippen molar-refractivity contribution in [3.05, 3.63) is 24.3 Å². The van der Waals surface area contributed by atoms with Gasteiger partial charge in [0.05, 0.1) is 16.0 Å². The summed E-state index contributed by atoms with van der Waals surface area (Å²) in [5.41, 5.74) is 1.09. The van der Waals surface area contributed by atoms with Crippen LogP contribution in [0.15, 0.2) is 24.3 Å². The van der Waals surface area contributed by atoms with Gasteiger partial charge < -0.3 is 10.2 Å². The Balaban J connectivity index is 1.45. The minimum absolute atomic E-state index is 0.176. The Bertz CT molecular complexity index is 723. The Kier molecular flexibility index (Phi) is 4.88. The van der Waals surface area contributed by atoms with Crippen LogP contribution in [0.3, 0.4) is 0 Å². The molecule has 3 heterocycles. The number of nitrogens with one attached hydrogen (secondary N) is 1. The van der Waals surface area contributed by atoms with E-state index in [0.29, 0.717) is 5.75 Å². The van der Waals surface area contributed by atoms with Gasteiger partial charge in [-0.3, -0.25) is 9.69 Å². The number of fused-ring (bicyclic) bond motifs is 1. The summed E-state index contributed by atoms with van der Waals surface area (Å²) in [5, 5.41) is 4.38. The Morgan fingerprint density at radius 1 is 1.24 bits per heavy atom. The van der Waals surface area contributed by atoms with Gasteiger partial charge in [-0.1, -0.05) is 36.8 Å². The Morgan fingerprint density at radius 3 is 2.72 bits per heavy atom. The molecule has 2 fully saturated rings. The fourth-order valence-electron chi connectivity index (χ4n) is 3.61. The molecule has 2 aromatic rings. The molecule has 0 aliphatic carbocycles. The van der Waals surface area contributed by atoms with E-state index < -0.39 is 0 Å². The van der Waals surface area contributed by atoms with Crippen LogP contribution in [0.2, 0.25) is 0 Å². The molecular weight excluding hydrogens is 352 g/mol. The minimum Gasteiger partial charge on any atom is -0.345 e. The number of carbonyl (C=O) groups is 1. The van der Waals surface area contributed by atoms with Crippen LogP contribution >= 0.6 is 23.1 Å². The van der Waals surface area contributed by atoms with E-state index in [0.717, 1.165) is 56.1 Å². The number of carbonyl (C=O) groups excluding carboxylic acids is 1. The van der Waals surface area contributed by atoms with E-state index >= 15 is 0 Å². The van der Waals surface area contributed by atoms with Crippen LogP contribution in [0.5, 0.6) is 0 Å². The lowest BCUT2D eigenvalue weighted by atomic mass is 10.1. The number of thioether (sulfide) groups is 1. The molecule has 0 radical (unpaired) electrons. The molecule has 0 bridgehead atoms. The highest BCUT2D eigenvalue weighted by Gasteiger charge is 2.44. The predicted octanol–water partition coefficient (Wildman–Crippen LogP) is 3.13. The van der Waals surface area contributed by atoms with Gasteiger partial charge in [-0.05, 0) is 25.0 Å². The van der Waals surface area contributed by atoms with E-state index in [1.807, 2.05) is 6.07 Å². The molecule has 5 nitrogen and oxygen atoms in total. The zero-order valence-electron chi connectivity index (χ0n) is 14.5. The van der Waals surface area contributed by atoms with Crippen molar-refractivity contribution in [1.82, 2.24) is 15.2 Å². The molecule has 7 heteroatoms. The number of para-hydroxylation sites is 1. The SMILES string of the molecule is CCCCC1(N2CCN(c3nc4ccccc4s3)CC2)NC(=O)CS1. The van der Waals surface area contributed by atoms with Gasteiger partial charge >= 0.3 is 0 Å². The van der Waals surface area contributed by atoms with Crippen molar-refractivity contribution in [2.45, 2.75) is 31.2 Å². The summed E-state index contributed by atoms with van der Waals surface area (Å²) in [6.07, 6.45) is 3.33. The molecular formula is C18H24N4OS2. The van der Waals surface area contributed by atoms with Crippen molar-refractivity contribution in [2.24, 2.45) is 0 Å². The molecule has 1 unspecified atom stereocenters. The van der Waals surface area contributed by atoms with E-state index in [9.17, 15) is 4.79 Å². The van der Waals surface area contributed by atoms with Crippen LogP contribution in [0.1, 0.15) is 26.2 Å². The molecule has 1 atom stereocenters. The second-order valence-electron chi connectivity index (χ2n) is 6.66. The number of amides is 1. The highest BCUT2D eigenvalue weighted by molar-refractivity contribution is 8.01. The van der Waals surface area contributed by atoms with Crippen molar-refractivity contribution in [3.63, 3.8) is 0 Å². The maximum absolute atomic E-state index is 11.9. The predicted molar refractivity (Wildman–Crippen MR) is 106 cm³/mol. The highest BCUT2D eigenvalue weighted by Crippen LogP contribution is 2.38. The van der Waals surface area contributed by atoms with Crippen molar-refractivity contribution in [3.8, 4) is 0 Å². The third-order valence-electron chi connectivity index (χ3n) is 4.99. The van der Waals surface area contributed by atoms with Crippen LogP contribution in [0, 0.1) is 0 Å². The average Bonchev–Trinajstić information content (AvgIpc) is 3.24. The summed E-state index contributed by atoms with van der Waals surface area (Å²) in [6, 6.07) is 8.33. The second kappa shape index (κ2) is 7.13. The lowest BCUT2D eigenvalue weighted by Crippen LogP contribution is -2.60. The van der Waals surface area contributed by atoms with Gasteiger partial charge in [0.15, 0.2) is 5.13 Å².